The predicted octanol–water partition coefficient (Wildman–Crippen LogP) is 2.65. The zero-order valence-electron chi connectivity index (χ0n) is 13.9. The molecule has 2 unspecified atom stereocenters. The molecule has 0 saturated carbocycles. The summed E-state index contributed by atoms with van der Waals surface area (Å²) >= 11 is 0. The third-order valence-electron chi connectivity index (χ3n) is 4.25. The average molecular weight is 322 g/mol. The van der Waals surface area contributed by atoms with Crippen LogP contribution in [0.15, 0.2) is 48.7 Å². The molecule has 0 radical (unpaired) electrons. The molecule has 1 fully saturated rings. The van der Waals surface area contributed by atoms with Crippen molar-refractivity contribution >= 4 is 5.82 Å². The van der Waals surface area contributed by atoms with Crippen molar-refractivity contribution in [3.8, 4) is 6.07 Å². The van der Waals surface area contributed by atoms with Crippen molar-refractivity contribution in [2.45, 2.75) is 25.6 Å². The molecule has 1 aliphatic rings. The van der Waals surface area contributed by atoms with E-state index in [2.05, 4.69) is 52.5 Å². The van der Waals surface area contributed by atoms with Gasteiger partial charge in [0, 0.05) is 25.8 Å². The van der Waals surface area contributed by atoms with Crippen LogP contribution < -0.4 is 5.32 Å². The lowest BCUT2D eigenvalue weighted by molar-refractivity contribution is -0.0374. The van der Waals surface area contributed by atoms with Gasteiger partial charge in [-0.1, -0.05) is 30.3 Å². The van der Waals surface area contributed by atoms with E-state index in [4.69, 9.17) is 10.00 Å². The van der Waals surface area contributed by atoms with Gasteiger partial charge in [-0.25, -0.2) is 4.98 Å². The lowest BCUT2D eigenvalue weighted by Crippen LogP contribution is -2.48. The number of nitriles is 1. The van der Waals surface area contributed by atoms with Gasteiger partial charge in [0.05, 0.1) is 24.3 Å². The quantitative estimate of drug-likeness (QED) is 0.917. The maximum absolute atomic E-state index is 8.83. The summed E-state index contributed by atoms with van der Waals surface area (Å²) in [5, 5.41) is 12.2. The van der Waals surface area contributed by atoms with Crippen LogP contribution in [0.3, 0.4) is 0 Å². The molecule has 1 aromatic heterocycles. The molecule has 5 heteroatoms. The van der Waals surface area contributed by atoms with Crippen LogP contribution in [0.4, 0.5) is 5.82 Å². The number of hydrogen-bond donors (Lipinski definition) is 1. The molecule has 0 aliphatic carbocycles. The summed E-state index contributed by atoms with van der Waals surface area (Å²) < 4.78 is 5.94. The molecule has 1 aromatic carbocycles. The van der Waals surface area contributed by atoms with Crippen LogP contribution >= 0.6 is 0 Å². The third-order valence-corrected chi connectivity index (χ3v) is 4.25. The molecule has 2 atom stereocenters. The first-order valence-corrected chi connectivity index (χ1v) is 8.25. The lowest BCUT2D eigenvalue weighted by atomic mass is 10.1. The number of rotatable bonds is 5. The highest BCUT2D eigenvalue weighted by atomic mass is 16.5. The Hall–Kier alpha value is -2.42. The summed E-state index contributed by atoms with van der Waals surface area (Å²) in [6.07, 6.45) is 1.69. The average Bonchev–Trinajstić information content (AvgIpc) is 2.63. The fourth-order valence-electron chi connectivity index (χ4n) is 2.89. The molecule has 0 bridgehead atoms. The van der Waals surface area contributed by atoms with Crippen LogP contribution in [0, 0.1) is 11.3 Å². The van der Waals surface area contributed by atoms with Gasteiger partial charge in [0.2, 0.25) is 0 Å². The number of ether oxygens (including phenoxy) is 1. The third kappa shape index (κ3) is 4.31. The first-order chi connectivity index (χ1) is 11.7. The van der Waals surface area contributed by atoms with E-state index in [1.807, 2.05) is 12.1 Å². The summed E-state index contributed by atoms with van der Waals surface area (Å²) in [5.74, 6) is 0.769. The summed E-state index contributed by atoms with van der Waals surface area (Å²) in [5.41, 5.74) is 1.89. The fourth-order valence-corrected chi connectivity index (χ4v) is 2.89. The van der Waals surface area contributed by atoms with Gasteiger partial charge in [-0.15, -0.1) is 0 Å². The Morgan fingerprint density at radius 3 is 2.88 bits per heavy atom. The van der Waals surface area contributed by atoms with Crippen molar-refractivity contribution in [2.24, 2.45) is 0 Å². The standard InChI is InChI=1S/C19H22N4O/c1-15(22-19-8-7-17(11-20)12-21-19)18-14-23(9-10-24-18)13-16-5-3-2-4-6-16/h2-8,12,15,18H,9-10,13-14H2,1H3,(H,21,22). The van der Waals surface area contributed by atoms with Crippen molar-refractivity contribution in [1.82, 2.24) is 9.88 Å². The number of hydrogen-bond acceptors (Lipinski definition) is 5. The molecule has 24 heavy (non-hydrogen) atoms. The van der Waals surface area contributed by atoms with Crippen molar-refractivity contribution in [1.29, 1.82) is 5.26 Å². The monoisotopic (exact) mass is 322 g/mol. The summed E-state index contributed by atoms with van der Waals surface area (Å²) in [7, 11) is 0. The molecule has 1 N–H and O–H groups in total. The Morgan fingerprint density at radius 2 is 2.17 bits per heavy atom. The minimum atomic E-state index is 0.111. The van der Waals surface area contributed by atoms with Gasteiger partial charge in [0.15, 0.2) is 0 Å². The van der Waals surface area contributed by atoms with Gasteiger partial charge in [-0.3, -0.25) is 4.90 Å². The molecular weight excluding hydrogens is 300 g/mol. The molecular formula is C19H22N4O. The zero-order chi connectivity index (χ0) is 16.8. The van der Waals surface area contributed by atoms with Crippen molar-refractivity contribution in [3.05, 3.63) is 59.8 Å². The molecule has 1 saturated heterocycles. The van der Waals surface area contributed by atoms with Crippen LogP contribution in [-0.2, 0) is 11.3 Å². The lowest BCUT2D eigenvalue weighted by Gasteiger charge is -2.36. The molecule has 5 nitrogen and oxygen atoms in total. The van der Waals surface area contributed by atoms with Crippen LogP contribution in [0.2, 0.25) is 0 Å². The zero-order valence-corrected chi connectivity index (χ0v) is 13.9. The van der Waals surface area contributed by atoms with Crippen molar-refractivity contribution in [3.63, 3.8) is 0 Å². The van der Waals surface area contributed by atoms with Gasteiger partial charge in [-0.05, 0) is 24.6 Å². The van der Waals surface area contributed by atoms with E-state index in [1.54, 1.807) is 12.3 Å². The topological polar surface area (TPSA) is 61.2 Å². The van der Waals surface area contributed by atoms with Crippen LogP contribution in [0.1, 0.15) is 18.1 Å². The maximum Gasteiger partial charge on any atom is 0.126 e. The second-order valence-corrected chi connectivity index (χ2v) is 6.11. The van der Waals surface area contributed by atoms with Gasteiger partial charge in [0.25, 0.3) is 0 Å². The van der Waals surface area contributed by atoms with Crippen LogP contribution in [-0.4, -0.2) is 41.7 Å². The molecule has 2 heterocycles. The number of aromatic nitrogens is 1. The first kappa shape index (κ1) is 16.4. The largest absolute Gasteiger partial charge is 0.373 e. The van der Waals surface area contributed by atoms with Crippen LogP contribution in [0.25, 0.3) is 0 Å². The molecule has 0 spiro atoms. The number of benzene rings is 1. The Bertz CT molecular complexity index is 681. The van der Waals surface area contributed by atoms with E-state index in [9.17, 15) is 0 Å². The highest BCUT2D eigenvalue weighted by molar-refractivity contribution is 5.39. The number of nitrogens with one attached hydrogen (secondary N) is 1. The maximum atomic E-state index is 8.83. The highest BCUT2D eigenvalue weighted by Gasteiger charge is 2.25. The Kier molecular flexibility index (Phi) is 5.42. The van der Waals surface area contributed by atoms with E-state index in [-0.39, 0.29) is 12.1 Å². The fraction of sp³-hybridized carbons (Fsp3) is 0.368. The summed E-state index contributed by atoms with van der Waals surface area (Å²) in [4.78, 5) is 6.69. The number of nitrogens with zero attached hydrogens (tertiary/aromatic N) is 3. The van der Waals surface area contributed by atoms with Gasteiger partial charge < -0.3 is 10.1 Å². The highest BCUT2D eigenvalue weighted by Crippen LogP contribution is 2.15. The Balaban J connectivity index is 1.56. The van der Waals surface area contributed by atoms with E-state index in [1.165, 1.54) is 5.56 Å². The molecule has 3 rings (SSSR count). The van der Waals surface area contributed by atoms with E-state index in [0.717, 1.165) is 32.1 Å². The number of anilines is 1. The van der Waals surface area contributed by atoms with Crippen LogP contribution in [0.5, 0.6) is 0 Å². The van der Waals surface area contributed by atoms with E-state index >= 15 is 0 Å². The minimum Gasteiger partial charge on any atom is -0.373 e. The minimum absolute atomic E-state index is 0.111. The predicted molar refractivity (Wildman–Crippen MR) is 93.5 cm³/mol. The number of morpholine rings is 1. The second-order valence-electron chi connectivity index (χ2n) is 6.11. The normalized spacial score (nSPS) is 19.4. The van der Waals surface area contributed by atoms with E-state index < -0.39 is 0 Å². The van der Waals surface area contributed by atoms with Crippen molar-refractivity contribution < 1.29 is 4.74 Å². The van der Waals surface area contributed by atoms with Gasteiger partial charge in [-0.2, -0.15) is 5.26 Å². The summed E-state index contributed by atoms with van der Waals surface area (Å²) in [6.45, 7) is 5.63. The molecule has 0 amide bonds. The smallest absolute Gasteiger partial charge is 0.126 e. The first-order valence-electron chi connectivity index (χ1n) is 8.25. The Labute approximate surface area is 142 Å². The second kappa shape index (κ2) is 7.91. The van der Waals surface area contributed by atoms with Crippen molar-refractivity contribution in [2.75, 3.05) is 25.0 Å². The SMILES string of the molecule is CC(Nc1ccc(C#N)cn1)C1CN(Cc2ccccc2)CCO1. The van der Waals surface area contributed by atoms with Gasteiger partial charge in [0.1, 0.15) is 11.9 Å². The molecule has 1 aliphatic heterocycles. The van der Waals surface area contributed by atoms with Gasteiger partial charge >= 0.3 is 0 Å². The summed E-state index contributed by atoms with van der Waals surface area (Å²) in [6, 6.07) is 16.3. The molecule has 124 valence electrons. The number of pyridine rings is 1. The Morgan fingerprint density at radius 1 is 1.33 bits per heavy atom. The molecule has 2 aromatic rings. The van der Waals surface area contributed by atoms with E-state index in [0.29, 0.717) is 5.56 Å².